The molecule has 1 aromatic carbocycles. The summed E-state index contributed by atoms with van der Waals surface area (Å²) < 4.78 is 0. The average molecular weight is 306 g/mol. The lowest BCUT2D eigenvalue weighted by molar-refractivity contribution is 0.0626. The molecule has 0 heterocycles. The van der Waals surface area contributed by atoms with Gasteiger partial charge < -0.3 is 10.6 Å². The van der Waals surface area contributed by atoms with E-state index in [1.165, 1.54) is 4.90 Å². The highest BCUT2D eigenvalue weighted by molar-refractivity contribution is 7.98. The maximum atomic E-state index is 12.8. The number of thioether (sulfide) groups is 1. The largest absolute Gasteiger partial charge is 0.336 e. The van der Waals surface area contributed by atoms with Gasteiger partial charge in [-0.15, -0.1) is 11.8 Å². The van der Waals surface area contributed by atoms with Gasteiger partial charge in [0.15, 0.2) is 0 Å². The number of carbonyl (C=O) groups is 1. The summed E-state index contributed by atoms with van der Waals surface area (Å²) in [5.41, 5.74) is 6.79. The van der Waals surface area contributed by atoms with Gasteiger partial charge in [0, 0.05) is 29.1 Å². The molecule has 0 unspecified atom stereocenters. The maximum absolute atomic E-state index is 12.8. The summed E-state index contributed by atoms with van der Waals surface area (Å²) in [6, 6.07) is 8.63. The number of amides is 1. The molecule has 2 N–H and O–H groups in total. The van der Waals surface area contributed by atoms with E-state index in [1.54, 1.807) is 11.8 Å². The van der Waals surface area contributed by atoms with Crippen molar-refractivity contribution in [3.63, 3.8) is 0 Å². The van der Waals surface area contributed by atoms with Gasteiger partial charge >= 0.3 is 0 Å². The fraction of sp³-hybridized carbons (Fsp3) is 0.588. The second-order valence-electron chi connectivity index (χ2n) is 5.80. The Morgan fingerprint density at radius 1 is 1.24 bits per heavy atom. The monoisotopic (exact) mass is 306 g/mol. The van der Waals surface area contributed by atoms with Gasteiger partial charge in [-0.25, -0.2) is 0 Å². The Bertz CT molecular complexity index is 452. The van der Waals surface area contributed by atoms with Crippen LogP contribution in [0.3, 0.4) is 0 Å². The van der Waals surface area contributed by atoms with Crippen LogP contribution in [0.5, 0.6) is 0 Å². The molecule has 1 aliphatic rings. The Balaban J connectivity index is 2.10. The van der Waals surface area contributed by atoms with Crippen LogP contribution in [0.15, 0.2) is 29.2 Å². The van der Waals surface area contributed by atoms with Crippen molar-refractivity contribution in [2.24, 2.45) is 5.73 Å². The van der Waals surface area contributed by atoms with Crippen molar-refractivity contribution in [3.05, 3.63) is 29.8 Å². The van der Waals surface area contributed by atoms with Gasteiger partial charge in [0.25, 0.3) is 5.91 Å². The number of hydrogen-bond donors (Lipinski definition) is 1. The Labute approximate surface area is 132 Å². The molecule has 0 spiro atoms. The molecule has 1 aromatic rings. The molecule has 0 aromatic heterocycles. The van der Waals surface area contributed by atoms with Gasteiger partial charge in [-0.3, -0.25) is 4.79 Å². The minimum atomic E-state index is 0.171. The molecule has 1 fully saturated rings. The van der Waals surface area contributed by atoms with Crippen molar-refractivity contribution in [1.29, 1.82) is 0 Å². The number of rotatable bonds is 5. The quantitative estimate of drug-likeness (QED) is 0.847. The van der Waals surface area contributed by atoms with E-state index in [2.05, 4.69) is 11.8 Å². The number of carbonyl (C=O) groups excluding carboxylic acids is 1. The molecule has 2 rings (SSSR count). The average Bonchev–Trinajstić information content (AvgIpc) is 2.53. The molecule has 4 heteroatoms. The van der Waals surface area contributed by atoms with E-state index in [-0.39, 0.29) is 5.91 Å². The predicted octanol–water partition coefficient (Wildman–Crippen LogP) is 3.53. The van der Waals surface area contributed by atoms with Gasteiger partial charge in [-0.2, -0.15) is 0 Å². The van der Waals surface area contributed by atoms with E-state index in [0.717, 1.165) is 44.2 Å². The van der Waals surface area contributed by atoms with Crippen LogP contribution in [0.1, 0.15) is 49.4 Å². The summed E-state index contributed by atoms with van der Waals surface area (Å²) in [7, 11) is 0. The van der Waals surface area contributed by atoms with Gasteiger partial charge in [0.05, 0.1) is 0 Å². The van der Waals surface area contributed by atoms with Crippen LogP contribution in [0.25, 0.3) is 0 Å². The normalized spacial score (nSPS) is 22.0. The Kier molecular flexibility index (Phi) is 6.12. The molecular formula is C17H26N2OS. The third-order valence-electron chi connectivity index (χ3n) is 4.24. The molecule has 0 bridgehead atoms. The van der Waals surface area contributed by atoms with Crippen molar-refractivity contribution in [2.75, 3.05) is 12.8 Å². The van der Waals surface area contributed by atoms with Crippen molar-refractivity contribution < 1.29 is 4.79 Å². The zero-order chi connectivity index (χ0) is 15.2. The molecule has 0 aliphatic heterocycles. The third kappa shape index (κ3) is 4.24. The van der Waals surface area contributed by atoms with Crippen LogP contribution < -0.4 is 5.73 Å². The first-order chi connectivity index (χ1) is 10.2. The highest BCUT2D eigenvalue weighted by atomic mass is 32.2. The van der Waals surface area contributed by atoms with Gasteiger partial charge in [0.1, 0.15) is 0 Å². The molecule has 0 radical (unpaired) electrons. The molecule has 116 valence electrons. The minimum Gasteiger partial charge on any atom is -0.336 e. The molecule has 1 aliphatic carbocycles. The van der Waals surface area contributed by atoms with E-state index in [0.29, 0.717) is 12.1 Å². The Hall–Kier alpha value is -1.00. The van der Waals surface area contributed by atoms with E-state index in [1.807, 2.05) is 30.5 Å². The van der Waals surface area contributed by atoms with Gasteiger partial charge in [0.2, 0.25) is 0 Å². The summed E-state index contributed by atoms with van der Waals surface area (Å²) in [4.78, 5) is 16.1. The minimum absolute atomic E-state index is 0.171. The van der Waals surface area contributed by atoms with Gasteiger partial charge in [-0.05, 0) is 62.6 Å². The second kappa shape index (κ2) is 7.85. The van der Waals surface area contributed by atoms with Crippen LogP contribution in [0, 0.1) is 0 Å². The summed E-state index contributed by atoms with van der Waals surface area (Å²) in [6.45, 7) is 2.97. The van der Waals surface area contributed by atoms with Crippen molar-refractivity contribution in [1.82, 2.24) is 4.90 Å². The molecule has 0 saturated heterocycles. The number of nitrogens with zero attached hydrogens (tertiary/aromatic N) is 1. The maximum Gasteiger partial charge on any atom is 0.254 e. The molecule has 1 saturated carbocycles. The summed E-state index contributed by atoms with van der Waals surface area (Å²) in [5.74, 6) is 0.171. The zero-order valence-electron chi connectivity index (χ0n) is 13.0. The number of hydrogen-bond acceptors (Lipinski definition) is 3. The molecule has 0 atom stereocenters. The van der Waals surface area contributed by atoms with Crippen molar-refractivity contribution >= 4 is 17.7 Å². The SMILES string of the molecule is CCCN(C(=O)c1ccc(SC)cc1)C1CCC(N)CC1. The lowest BCUT2D eigenvalue weighted by Gasteiger charge is -2.36. The van der Waals surface area contributed by atoms with E-state index in [9.17, 15) is 4.79 Å². The lowest BCUT2D eigenvalue weighted by atomic mass is 9.90. The zero-order valence-corrected chi connectivity index (χ0v) is 13.9. The standard InChI is InChI=1S/C17H26N2OS/c1-3-12-19(15-8-6-14(18)7-9-15)17(20)13-4-10-16(21-2)11-5-13/h4-5,10-11,14-15H,3,6-9,12,18H2,1-2H3. The Morgan fingerprint density at radius 2 is 1.86 bits per heavy atom. The first-order valence-corrected chi connectivity index (χ1v) is 9.08. The first kappa shape index (κ1) is 16.4. The smallest absolute Gasteiger partial charge is 0.254 e. The van der Waals surface area contributed by atoms with Gasteiger partial charge in [-0.1, -0.05) is 6.92 Å². The fourth-order valence-electron chi connectivity index (χ4n) is 3.00. The molecule has 1 amide bonds. The van der Waals surface area contributed by atoms with Crippen molar-refractivity contribution in [3.8, 4) is 0 Å². The van der Waals surface area contributed by atoms with Crippen molar-refractivity contribution in [2.45, 2.75) is 56.0 Å². The lowest BCUT2D eigenvalue weighted by Crippen LogP contribution is -2.44. The topological polar surface area (TPSA) is 46.3 Å². The molecular weight excluding hydrogens is 280 g/mol. The molecule has 21 heavy (non-hydrogen) atoms. The Morgan fingerprint density at radius 3 is 2.38 bits per heavy atom. The highest BCUT2D eigenvalue weighted by Crippen LogP contribution is 2.24. The highest BCUT2D eigenvalue weighted by Gasteiger charge is 2.27. The fourth-order valence-corrected chi connectivity index (χ4v) is 3.41. The van der Waals surface area contributed by atoms with Crippen LogP contribution in [-0.4, -0.2) is 35.7 Å². The van der Waals surface area contributed by atoms with E-state index < -0.39 is 0 Å². The predicted molar refractivity (Wildman–Crippen MR) is 89.8 cm³/mol. The number of benzene rings is 1. The van der Waals surface area contributed by atoms with Crippen LogP contribution in [-0.2, 0) is 0 Å². The summed E-state index contributed by atoms with van der Waals surface area (Å²) in [5, 5.41) is 0. The second-order valence-corrected chi connectivity index (χ2v) is 6.68. The summed E-state index contributed by atoms with van der Waals surface area (Å²) >= 11 is 1.70. The van der Waals surface area contributed by atoms with Crippen LogP contribution in [0.2, 0.25) is 0 Å². The van der Waals surface area contributed by atoms with Crippen LogP contribution >= 0.6 is 11.8 Å². The summed E-state index contributed by atoms with van der Waals surface area (Å²) in [6.07, 6.45) is 7.18. The van der Waals surface area contributed by atoms with Crippen LogP contribution in [0.4, 0.5) is 0 Å². The third-order valence-corrected chi connectivity index (χ3v) is 4.99. The van der Waals surface area contributed by atoms with E-state index >= 15 is 0 Å². The number of nitrogens with two attached hydrogens (primary N) is 1. The first-order valence-electron chi connectivity index (χ1n) is 7.86. The van der Waals surface area contributed by atoms with E-state index in [4.69, 9.17) is 5.73 Å². The molecule has 3 nitrogen and oxygen atoms in total.